The number of anilines is 1. The van der Waals surface area contributed by atoms with E-state index in [4.69, 9.17) is 10.5 Å². The van der Waals surface area contributed by atoms with E-state index in [2.05, 4.69) is 10.1 Å². The van der Waals surface area contributed by atoms with Gasteiger partial charge in [0.05, 0.1) is 7.11 Å². The SMILES string of the molecule is COC(=O)[C@H](NC(=O)OC(C)(C)C)[C@H](O)c1cccc(N)c1. The highest BCUT2D eigenvalue weighted by molar-refractivity contribution is 5.82. The van der Waals surface area contributed by atoms with Crippen LogP contribution in [0.2, 0.25) is 0 Å². The fraction of sp³-hybridized carbons (Fsp3) is 0.467. The quantitative estimate of drug-likeness (QED) is 0.572. The monoisotopic (exact) mass is 310 g/mol. The van der Waals surface area contributed by atoms with E-state index < -0.39 is 29.8 Å². The fourth-order valence-electron chi connectivity index (χ4n) is 1.76. The number of aliphatic hydroxyl groups is 1. The molecule has 0 aliphatic heterocycles. The predicted octanol–water partition coefficient (Wildman–Crippen LogP) is 1.37. The second-order valence-electron chi connectivity index (χ2n) is 5.76. The number of esters is 1. The van der Waals surface area contributed by atoms with Crippen molar-refractivity contribution in [3.8, 4) is 0 Å². The van der Waals surface area contributed by atoms with Gasteiger partial charge in [-0.3, -0.25) is 0 Å². The molecular formula is C15H22N2O5. The van der Waals surface area contributed by atoms with Gasteiger partial charge in [-0.05, 0) is 38.5 Å². The third-order valence-corrected chi connectivity index (χ3v) is 2.70. The van der Waals surface area contributed by atoms with E-state index in [1.165, 1.54) is 6.07 Å². The highest BCUT2D eigenvalue weighted by Gasteiger charge is 2.32. The molecule has 7 nitrogen and oxygen atoms in total. The summed E-state index contributed by atoms with van der Waals surface area (Å²) in [6, 6.07) is 5.08. The number of ether oxygens (including phenoxy) is 2. The van der Waals surface area contributed by atoms with Gasteiger partial charge in [-0.25, -0.2) is 9.59 Å². The molecule has 0 radical (unpaired) electrons. The number of aliphatic hydroxyl groups excluding tert-OH is 1. The number of benzene rings is 1. The Hall–Kier alpha value is -2.28. The number of nitrogens with one attached hydrogen (secondary N) is 1. The van der Waals surface area contributed by atoms with Crippen molar-refractivity contribution in [2.75, 3.05) is 12.8 Å². The van der Waals surface area contributed by atoms with Crippen molar-refractivity contribution in [1.82, 2.24) is 5.32 Å². The topological polar surface area (TPSA) is 111 Å². The molecule has 4 N–H and O–H groups in total. The Labute approximate surface area is 129 Å². The van der Waals surface area contributed by atoms with Crippen LogP contribution in [0.15, 0.2) is 24.3 Å². The summed E-state index contributed by atoms with van der Waals surface area (Å²) < 4.78 is 9.69. The number of methoxy groups -OCH3 is 1. The number of nitrogens with two attached hydrogens (primary N) is 1. The van der Waals surface area contributed by atoms with Crippen LogP contribution in [-0.4, -0.2) is 35.9 Å². The fourth-order valence-corrected chi connectivity index (χ4v) is 1.76. The smallest absolute Gasteiger partial charge is 0.408 e. The van der Waals surface area contributed by atoms with Crippen LogP contribution in [0.4, 0.5) is 10.5 Å². The van der Waals surface area contributed by atoms with Crippen molar-refractivity contribution >= 4 is 17.7 Å². The summed E-state index contributed by atoms with van der Waals surface area (Å²) in [5.41, 5.74) is 5.73. The van der Waals surface area contributed by atoms with E-state index in [1.807, 2.05) is 0 Å². The van der Waals surface area contributed by atoms with Gasteiger partial charge >= 0.3 is 12.1 Å². The van der Waals surface area contributed by atoms with Gasteiger partial charge in [0, 0.05) is 5.69 Å². The molecule has 1 amide bonds. The van der Waals surface area contributed by atoms with Crippen molar-refractivity contribution < 1.29 is 24.2 Å². The summed E-state index contributed by atoms with van der Waals surface area (Å²) in [5.74, 6) is -0.791. The van der Waals surface area contributed by atoms with Crippen LogP contribution in [0.3, 0.4) is 0 Å². The summed E-state index contributed by atoms with van der Waals surface area (Å²) in [6.07, 6.45) is -2.14. The largest absolute Gasteiger partial charge is 0.467 e. The summed E-state index contributed by atoms with van der Waals surface area (Å²) >= 11 is 0. The Morgan fingerprint density at radius 1 is 1.32 bits per heavy atom. The lowest BCUT2D eigenvalue weighted by molar-refractivity contribution is -0.146. The second kappa shape index (κ2) is 7.13. The zero-order valence-electron chi connectivity index (χ0n) is 13.1. The number of nitrogen functional groups attached to an aromatic ring is 1. The summed E-state index contributed by atoms with van der Waals surface area (Å²) in [7, 11) is 1.16. The van der Waals surface area contributed by atoms with E-state index in [1.54, 1.807) is 39.0 Å². The Kier molecular flexibility index (Phi) is 5.76. The van der Waals surface area contributed by atoms with Crippen molar-refractivity contribution in [1.29, 1.82) is 0 Å². The first kappa shape index (κ1) is 17.8. The lowest BCUT2D eigenvalue weighted by Crippen LogP contribution is -2.47. The first-order valence-corrected chi connectivity index (χ1v) is 6.75. The summed E-state index contributed by atoms with van der Waals surface area (Å²) in [6.45, 7) is 5.07. The molecule has 1 aromatic rings. The minimum atomic E-state index is -1.32. The standard InChI is InChI=1S/C15H22N2O5/c1-15(2,3)22-14(20)17-11(13(19)21-4)12(18)9-6-5-7-10(16)8-9/h5-8,11-12,18H,16H2,1-4H3,(H,17,20)/t11-,12-/m1/s1. The van der Waals surface area contributed by atoms with Crippen LogP contribution in [-0.2, 0) is 14.3 Å². The molecule has 0 bridgehead atoms. The van der Waals surface area contributed by atoms with Crippen molar-refractivity contribution in [2.45, 2.75) is 38.5 Å². The molecule has 22 heavy (non-hydrogen) atoms. The Morgan fingerprint density at radius 3 is 2.45 bits per heavy atom. The molecule has 0 heterocycles. The molecule has 0 saturated carbocycles. The Balaban J connectivity index is 2.93. The Bertz CT molecular complexity index is 539. The normalized spacial score (nSPS) is 13.9. The Morgan fingerprint density at radius 2 is 1.95 bits per heavy atom. The molecule has 0 spiro atoms. The molecule has 0 aliphatic carbocycles. The van der Waals surface area contributed by atoms with Crippen LogP contribution in [0.5, 0.6) is 0 Å². The van der Waals surface area contributed by atoms with E-state index >= 15 is 0 Å². The van der Waals surface area contributed by atoms with E-state index in [9.17, 15) is 14.7 Å². The van der Waals surface area contributed by atoms with E-state index in [0.29, 0.717) is 11.3 Å². The van der Waals surface area contributed by atoms with Gasteiger partial charge in [0.15, 0.2) is 6.04 Å². The zero-order chi connectivity index (χ0) is 16.9. The van der Waals surface area contributed by atoms with Crippen molar-refractivity contribution in [2.24, 2.45) is 0 Å². The van der Waals surface area contributed by atoms with Gasteiger partial charge in [-0.2, -0.15) is 0 Å². The van der Waals surface area contributed by atoms with Gasteiger partial charge in [0.1, 0.15) is 11.7 Å². The minimum absolute atomic E-state index is 0.381. The van der Waals surface area contributed by atoms with Crippen LogP contribution < -0.4 is 11.1 Å². The molecule has 0 aliphatic rings. The van der Waals surface area contributed by atoms with Gasteiger partial charge in [0.25, 0.3) is 0 Å². The molecule has 122 valence electrons. The number of hydrogen-bond acceptors (Lipinski definition) is 6. The molecule has 1 aromatic carbocycles. The third kappa shape index (κ3) is 5.25. The van der Waals surface area contributed by atoms with Gasteiger partial charge in [-0.15, -0.1) is 0 Å². The summed E-state index contributed by atoms with van der Waals surface area (Å²) in [4.78, 5) is 23.6. The number of alkyl carbamates (subject to hydrolysis) is 1. The number of amides is 1. The van der Waals surface area contributed by atoms with E-state index in [-0.39, 0.29) is 0 Å². The van der Waals surface area contributed by atoms with Crippen LogP contribution >= 0.6 is 0 Å². The average Bonchev–Trinajstić information content (AvgIpc) is 2.41. The highest BCUT2D eigenvalue weighted by Crippen LogP contribution is 2.20. The molecule has 0 saturated heterocycles. The molecule has 2 atom stereocenters. The third-order valence-electron chi connectivity index (χ3n) is 2.70. The first-order valence-electron chi connectivity index (χ1n) is 6.75. The van der Waals surface area contributed by atoms with Crippen LogP contribution in [0, 0.1) is 0 Å². The molecule has 1 rings (SSSR count). The maximum absolute atomic E-state index is 11.8. The maximum Gasteiger partial charge on any atom is 0.408 e. The van der Waals surface area contributed by atoms with Gasteiger partial charge < -0.3 is 25.6 Å². The molecule has 7 heteroatoms. The first-order chi connectivity index (χ1) is 10.1. The van der Waals surface area contributed by atoms with Crippen molar-refractivity contribution in [3.63, 3.8) is 0 Å². The highest BCUT2D eigenvalue weighted by atomic mass is 16.6. The van der Waals surface area contributed by atoms with Crippen LogP contribution in [0.25, 0.3) is 0 Å². The predicted molar refractivity (Wildman–Crippen MR) is 81.0 cm³/mol. The average molecular weight is 310 g/mol. The number of carbonyl (C=O) groups excluding carboxylic acids is 2. The van der Waals surface area contributed by atoms with Crippen molar-refractivity contribution in [3.05, 3.63) is 29.8 Å². The number of rotatable bonds is 4. The zero-order valence-corrected chi connectivity index (χ0v) is 13.1. The minimum Gasteiger partial charge on any atom is -0.467 e. The lowest BCUT2D eigenvalue weighted by Gasteiger charge is -2.25. The summed E-state index contributed by atoms with van der Waals surface area (Å²) in [5, 5.41) is 12.6. The molecule has 0 fully saturated rings. The van der Waals surface area contributed by atoms with Gasteiger partial charge in [-0.1, -0.05) is 12.1 Å². The molecule has 0 unspecified atom stereocenters. The molecule has 0 aromatic heterocycles. The lowest BCUT2D eigenvalue weighted by atomic mass is 10.0. The second-order valence-corrected chi connectivity index (χ2v) is 5.76. The maximum atomic E-state index is 11.8. The van der Waals surface area contributed by atoms with E-state index in [0.717, 1.165) is 7.11 Å². The number of hydrogen-bond donors (Lipinski definition) is 3. The van der Waals surface area contributed by atoms with Crippen LogP contribution in [0.1, 0.15) is 32.4 Å². The molecular weight excluding hydrogens is 288 g/mol. The number of carbonyl (C=O) groups is 2. The van der Waals surface area contributed by atoms with Gasteiger partial charge in [0.2, 0.25) is 0 Å².